The lowest BCUT2D eigenvalue weighted by Crippen LogP contribution is -2.21. The summed E-state index contributed by atoms with van der Waals surface area (Å²) in [5.41, 5.74) is 0.0799. The molecule has 1 aromatic rings. The molecule has 1 aromatic heterocycles. The Morgan fingerprint density at radius 2 is 2.05 bits per heavy atom. The third kappa shape index (κ3) is 5.59. The van der Waals surface area contributed by atoms with Crippen molar-refractivity contribution in [3.63, 3.8) is 0 Å². The highest BCUT2D eigenvalue weighted by molar-refractivity contribution is 7.11. The zero-order valence-corrected chi connectivity index (χ0v) is 13.9. The molecule has 1 rings (SSSR count). The molecular weight excluding hydrogens is 256 g/mol. The minimum absolute atomic E-state index is 0.0799. The lowest BCUT2D eigenvalue weighted by atomic mass is 9.89. The maximum Gasteiger partial charge on any atom is 0.122 e. The van der Waals surface area contributed by atoms with Crippen LogP contribution in [0.5, 0.6) is 0 Å². The van der Waals surface area contributed by atoms with Crippen molar-refractivity contribution in [2.75, 3.05) is 13.2 Å². The number of hydrogen-bond acceptors (Lipinski definition) is 4. The van der Waals surface area contributed by atoms with Crippen LogP contribution in [0.4, 0.5) is 0 Å². The molecule has 3 nitrogen and oxygen atoms in total. The van der Waals surface area contributed by atoms with Crippen LogP contribution < -0.4 is 5.32 Å². The molecule has 19 heavy (non-hydrogen) atoms. The first-order valence-electron chi connectivity index (χ1n) is 7.11. The summed E-state index contributed by atoms with van der Waals surface area (Å²) in [5.74, 6) is 0.679. The summed E-state index contributed by atoms with van der Waals surface area (Å²) in [5, 5.41) is 4.55. The van der Waals surface area contributed by atoms with Crippen LogP contribution in [0.25, 0.3) is 0 Å². The number of nitrogens with zero attached hydrogens (tertiary/aromatic N) is 1. The highest BCUT2D eigenvalue weighted by Gasteiger charge is 2.29. The van der Waals surface area contributed by atoms with E-state index in [0.29, 0.717) is 5.92 Å². The van der Waals surface area contributed by atoms with E-state index in [1.54, 1.807) is 11.3 Å². The van der Waals surface area contributed by atoms with E-state index in [9.17, 15) is 0 Å². The van der Waals surface area contributed by atoms with Crippen LogP contribution in [0, 0.1) is 11.3 Å². The van der Waals surface area contributed by atoms with Gasteiger partial charge in [-0.25, -0.2) is 4.98 Å². The van der Waals surface area contributed by atoms with Crippen LogP contribution in [0.2, 0.25) is 0 Å². The number of aromatic nitrogens is 1. The summed E-state index contributed by atoms with van der Waals surface area (Å²) < 4.78 is 5.88. The van der Waals surface area contributed by atoms with Crippen molar-refractivity contribution >= 4 is 11.3 Å². The van der Waals surface area contributed by atoms with Crippen molar-refractivity contribution in [2.45, 2.75) is 54.2 Å². The third-order valence-corrected chi connectivity index (χ3v) is 3.81. The van der Waals surface area contributed by atoms with E-state index in [1.807, 2.05) is 13.1 Å². The normalized spacial score (nSPS) is 14.1. The van der Waals surface area contributed by atoms with Crippen LogP contribution >= 0.6 is 11.3 Å². The Morgan fingerprint density at radius 3 is 2.58 bits per heavy atom. The van der Waals surface area contributed by atoms with Gasteiger partial charge in [-0.2, -0.15) is 0 Å². The largest absolute Gasteiger partial charge is 0.371 e. The van der Waals surface area contributed by atoms with Gasteiger partial charge < -0.3 is 10.1 Å². The first-order chi connectivity index (χ1) is 8.84. The maximum absolute atomic E-state index is 5.88. The van der Waals surface area contributed by atoms with Gasteiger partial charge in [0.25, 0.3) is 0 Å². The first-order valence-corrected chi connectivity index (χ1v) is 7.93. The van der Waals surface area contributed by atoms with Crippen molar-refractivity contribution < 1.29 is 4.74 Å². The molecule has 1 heterocycles. The summed E-state index contributed by atoms with van der Waals surface area (Å²) in [4.78, 5) is 5.83. The summed E-state index contributed by atoms with van der Waals surface area (Å²) in [7, 11) is 0. The number of hydrogen-bond donors (Lipinski definition) is 1. The second-order valence-electron chi connectivity index (χ2n) is 6.39. The smallest absolute Gasteiger partial charge is 0.122 e. The first kappa shape index (κ1) is 16.6. The van der Waals surface area contributed by atoms with Gasteiger partial charge in [0.2, 0.25) is 0 Å². The zero-order chi connectivity index (χ0) is 14.5. The van der Waals surface area contributed by atoms with Gasteiger partial charge in [0.1, 0.15) is 11.1 Å². The summed E-state index contributed by atoms with van der Waals surface area (Å²) in [6, 6.07) is 0. The van der Waals surface area contributed by atoms with Crippen molar-refractivity contribution in [1.82, 2.24) is 10.3 Å². The fourth-order valence-corrected chi connectivity index (χ4v) is 3.05. The molecule has 1 atom stereocenters. The Balaban J connectivity index is 2.65. The Labute approximate surface area is 121 Å². The minimum atomic E-state index is 0.0799. The fourth-order valence-electron chi connectivity index (χ4n) is 1.87. The van der Waals surface area contributed by atoms with E-state index in [1.165, 1.54) is 4.88 Å². The lowest BCUT2D eigenvalue weighted by molar-refractivity contribution is -0.0133. The molecule has 1 N–H and O–H groups in total. The van der Waals surface area contributed by atoms with Crippen LogP contribution in [0.15, 0.2) is 6.20 Å². The van der Waals surface area contributed by atoms with Gasteiger partial charge >= 0.3 is 0 Å². The molecular formula is C15H28N2OS. The summed E-state index contributed by atoms with van der Waals surface area (Å²) >= 11 is 1.76. The van der Waals surface area contributed by atoms with Gasteiger partial charge in [0, 0.05) is 24.2 Å². The van der Waals surface area contributed by atoms with Crippen LogP contribution in [-0.2, 0) is 11.3 Å². The molecule has 0 radical (unpaired) electrons. The van der Waals surface area contributed by atoms with E-state index in [4.69, 9.17) is 4.74 Å². The molecule has 0 amide bonds. The second kappa shape index (κ2) is 7.36. The maximum atomic E-state index is 5.88. The van der Waals surface area contributed by atoms with Crippen molar-refractivity contribution in [1.29, 1.82) is 0 Å². The Bertz CT molecular complexity index is 368. The van der Waals surface area contributed by atoms with E-state index in [0.717, 1.165) is 24.7 Å². The van der Waals surface area contributed by atoms with Crippen molar-refractivity contribution in [3.05, 3.63) is 16.1 Å². The van der Waals surface area contributed by atoms with Crippen LogP contribution in [0.3, 0.4) is 0 Å². The summed E-state index contributed by atoms with van der Waals surface area (Å²) in [6.07, 6.45) is 2.06. The third-order valence-electron chi connectivity index (χ3n) is 2.77. The van der Waals surface area contributed by atoms with Gasteiger partial charge in [-0.15, -0.1) is 11.3 Å². The van der Waals surface area contributed by atoms with Crippen LogP contribution in [0.1, 0.15) is 57.5 Å². The average molecular weight is 284 g/mol. The molecule has 0 spiro atoms. The molecule has 0 fully saturated rings. The van der Waals surface area contributed by atoms with E-state index in [2.05, 4.69) is 44.9 Å². The standard InChI is InChI=1S/C15H28N2OS/c1-7-18-13(15(4,5)6)14-17-10-12(19-14)9-16-8-11(2)3/h10-11,13,16H,7-9H2,1-6H3. The average Bonchev–Trinajstić information content (AvgIpc) is 2.72. The highest BCUT2D eigenvalue weighted by atomic mass is 32.1. The Hall–Kier alpha value is -0.450. The highest BCUT2D eigenvalue weighted by Crippen LogP contribution is 2.37. The topological polar surface area (TPSA) is 34.1 Å². The van der Waals surface area contributed by atoms with Crippen molar-refractivity contribution in [2.24, 2.45) is 11.3 Å². The summed E-state index contributed by atoms with van der Waals surface area (Å²) in [6.45, 7) is 15.7. The number of nitrogens with one attached hydrogen (secondary N) is 1. The SMILES string of the molecule is CCOC(c1ncc(CNCC(C)C)s1)C(C)(C)C. The van der Waals surface area contributed by atoms with Gasteiger partial charge in [-0.3, -0.25) is 0 Å². The monoisotopic (exact) mass is 284 g/mol. The molecule has 0 aliphatic heterocycles. The molecule has 0 aliphatic carbocycles. The second-order valence-corrected chi connectivity index (χ2v) is 7.54. The number of thiazole rings is 1. The van der Waals surface area contributed by atoms with E-state index in [-0.39, 0.29) is 11.5 Å². The zero-order valence-electron chi connectivity index (χ0n) is 13.1. The molecule has 0 aliphatic rings. The van der Waals surface area contributed by atoms with Crippen molar-refractivity contribution in [3.8, 4) is 0 Å². The van der Waals surface area contributed by atoms with Crippen LogP contribution in [-0.4, -0.2) is 18.1 Å². The Morgan fingerprint density at radius 1 is 1.37 bits per heavy atom. The number of ether oxygens (including phenoxy) is 1. The molecule has 0 aromatic carbocycles. The minimum Gasteiger partial charge on any atom is -0.371 e. The van der Waals surface area contributed by atoms with Gasteiger partial charge in [0.05, 0.1) is 0 Å². The molecule has 110 valence electrons. The predicted octanol–water partition coefficient (Wildman–Crippen LogP) is 4.01. The van der Waals surface area contributed by atoms with Gasteiger partial charge in [0.15, 0.2) is 0 Å². The lowest BCUT2D eigenvalue weighted by Gasteiger charge is -2.28. The molecule has 0 saturated heterocycles. The van der Waals surface area contributed by atoms with E-state index >= 15 is 0 Å². The van der Waals surface area contributed by atoms with Gasteiger partial charge in [-0.05, 0) is 24.8 Å². The Kier molecular flexibility index (Phi) is 6.43. The predicted molar refractivity (Wildman–Crippen MR) is 82.5 cm³/mol. The van der Waals surface area contributed by atoms with E-state index < -0.39 is 0 Å². The fraction of sp³-hybridized carbons (Fsp3) is 0.800. The molecule has 0 saturated carbocycles. The number of rotatable bonds is 7. The molecule has 0 bridgehead atoms. The van der Waals surface area contributed by atoms with Gasteiger partial charge in [-0.1, -0.05) is 34.6 Å². The molecule has 4 heteroatoms. The quantitative estimate of drug-likeness (QED) is 0.821. The molecule has 1 unspecified atom stereocenters.